The lowest BCUT2D eigenvalue weighted by Gasteiger charge is -2.14. The number of carbonyl (C=O) groups excluding carboxylic acids is 1. The monoisotopic (exact) mass is 444 g/mol. The number of aromatic nitrogens is 2. The van der Waals surface area contributed by atoms with Crippen molar-refractivity contribution in [2.75, 3.05) is 12.4 Å². The number of nitrogens with one attached hydrogen (secondary N) is 2. The van der Waals surface area contributed by atoms with Crippen molar-refractivity contribution >= 4 is 29.3 Å². The first-order valence-electron chi connectivity index (χ1n) is 9.43. The van der Waals surface area contributed by atoms with Gasteiger partial charge in [0.25, 0.3) is 0 Å². The second-order valence-corrected chi connectivity index (χ2v) is 7.85. The summed E-state index contributed by atoms with van der Waals surface area (Å²) in [7, 11) is 1.56. The summed E-state index contributed by atoms with van der Waals surface area (Å²) in [6, 6.07) is 11.5. The molecule has 1 aromatic heterocycles. The molecule has 10 heteroatoms. The number of nitrogens with zero attached hydrogens (tertiary/aromatic N) is 1. The Kier molecular flexibility index (Phi) is 6.81. The number of hydrogen-bond donors (Lipinski definition) is 3. The van der Waals surface area contributed by atoms with Gasteiger partial charge < -0.3 is 15.2 Å². The number of H-pyrrole nitrogens is 1. The van der Waals surface area contributed by atoms with Crippen LogP contribution in [0.3, 0.4) is 0 Å². The molecule has 3 aromatic rings. The Balaban J connectivity index is 1.84. The van der Waals surface area contributed by atoms with Crippen molar-refractivity contribution in [1.82, 2.24) is 5.27 Å². The number of aromatic carboxylic acids is 1. The molecule has 0 saturated heterocycles. The summed E-state index contributed by atoms with van der Waals surface area (Å²) in [5, 5.41) is 14.1. The third-order valence-electron chi connectivity index (χ3n) is 4.60. The number of aryl methyl sites for hydroxylation is 1. The van der Waals surface area contributed by atoms with E-state index in [0.717, 1.165) is 17.3 Å². The van der Waals surface area contributed by atoms with E-state index in [1.165, 1.54) is 16.8 Å². The van der Waals surface area contributed by atoms with Gasteiger partial charge in [-0.15, -0.1) is 0 Å². The Morgan fingerprint density at radius 3 is 2.58 bits per heavy atom. The minimum atomic E-state index is -1.08. The Morgan fingerprint density at radius 2 is 1.97 bits per heavy atom. The Morgan fingerprint density at radius 1 is 1.26 bits per heavy atom. The Labute approximate surface area is 182 Å². The standard InChI is InChI=1S/C21H21N3O6S/c1-4-17(18(25)22-16-11-13(20(26)27)6-5-12(16)2)31-19-21(28)30-23-24(19)14-7-9-15(29-3)10-8-14/h5-11,17H,4H2,1-3H3,(H2-,22,23,25,26,27,28)/p+1. The molecule has 0 aliphatic rings. The first-order valence-corrected chi connectivity index (χ1v) is 10.3. The highest BCUT2D eigenvalue weighted by atomic mass is 32.2. The van der Waals surface area contributed by atoms with Crippen molar-refractivity contribution in [3.05, 3.63) is 64.0 Å². The summed E-state index contributed by atoms with van der Waals surface area (Å²) in [5.74, 6) is -0.767. The fraction of sp³-hybridized carbons (Fsp3) is 0.238. The van der Waals surface area contributed by atoms with E-state index in [-0.39, 0.29) is 16.5 Å². The van der Waals surface area contributed by atoms with Crippen LogP contribution in [0.15, 0.2) is 56.8 Å². The number of benzene rings is 2. The van der Waals surface area contributed by atoms with Gasteiger partial charge in [-0.1, -0.05) is 13.0 Å². The predicted molar refractivity (Wildman–Crippen MR) is 114 cm³/mol. The molecule has 2 aromatic carbocycles. The maximum absolute atomic E-state index is 12.9. The summed E-state index contributed by atoms with van der Waals surface area (Å²) < 4.78 is 11.5. The van der Waals surface area contributed by atoms with E-state index in [0.29, 0.717) is 23.5 Å². The van der Waals surface area contributed by atoms with E-state index in [1.807, 2.05) is 6.92 Å². The third kappa shape index (κ3) is 4.97. The normalized spacial score (nSPS) is 11.7. The fourth-order valence-electron chi connectivity index (χ4n) is 2.83. The number of thioether (sulfide) groups is 1. The molecule has 1 heterocycles. The molecule has 3 rings (SSSR count). The number of methoxy groups -OCH3 is 1. The summed E-state index contributed by atoms with van der Waals surface area (Å²) in [4.78, 5) is 36.4. The first kappa shape index (κ1) is 22.2. The summed E-state index contributed by atoms with van der Waals surface area (Å²) in [5.41, 5.74) is 1.25. The number of carboxylic acids is 1. The average molecular weight is 444 g/mol. The highest BCUT2D eigenvalue weighted by molar-refractivity contribution is 8.00. The van der Waals surface area contributed by atoms with Crippen LogP contribution >= 0.6 is 11.8 Å². The van der Waals surface area contributed by atoms with E-state index < -0.39 is 16.8 Å². The van der Waals surface area contributed by atoms with Gasteiger partial charge in [-0.25, -0.2) is 9.59 Å². The zero-order chi connectivity index (χ0) is 22.5. The number of ether oxygens (including phenoxy) is 1. The van der Waals surface area contributed by atoms with Gasteiger partial charge >= 0.3 is 16.6 Å². The average Bonchev–Trinajstić information content (AvgIpc) is 3.13. The second-order valence-electron chi connectivity index (χ2n) is 6.66. The Hall–Kier alpha value is -3.53. The molecule has 0 bridgehead atoms. The second kappa shape index (κ2) is 9.52. The number of anilines is 1. The molecule has 0 radical (unpaired) electrons. The number of carbonyl (C=O) groups is 2. The van der Waals surface area contributed by atoms with Crippen molar-refractivity contribution < 1.29 is 28.6 Å². The van der Waals surface area contributed by atoms with Gasteiger partial charge in [-0.2, -0.15) is 0 Å². The summed E-state index contributed by atoms with van der Waals surface area (Å²) in [6.45, 7) is 3.59. The Bertz CT molecular complexity index is 1150. The lowest BCUT2D eigenvalue weighted by molar-refractivity contribution is -0.704. The van der Waals surface area contributed by atoms with Crippen molar-refractivity contribution in [1.29, 1.82) is 0 Å². The van der Waals surface area contributed by atoms with Crippen molar-refractivity contribution in [3.63, 3.8) is 0 Å². The van der Waals surface area contributed by atoms with Gasteiger partial charge in [0.1, 0.15) is 5.75 Å². The number of amides is 1. The van der Waals surface area contributed by atoms with Crippen LogP contribution in [0.2, 0.25) is 0 Å². The smallest absolute Gasteiger partial charge is 0.442 e. The van der Waals surface area contributed by atoms with Crippen LogP contribution in [0, 0.1) is 6.92 Å². The molecule has 1 unspecified atom stereocenters. The SMILES string of the molecule is CCC(Sc1c(=O)o[nH][n+]1-c1ccc(OC)cc1)C(=O)Nc1cc(C(=O)O)ccc1C. The quantitative estimate of drug-likeness (QED) is 0.360. The largest absolute Gasteiger partial charge is 0.497 e. The zero-order valence-electron chi connectivity index (χ0n) is 17.2. The number of hydrogen-bond acceptors (Lipinski definition) is 6. The maximum Gasteiger partial charge on any atom is 0.442 e. The predicted octanol–water partition coefficient (Wildman–Crippen LogP) is 2.77. The van der Waals surface area contributed by atoms with E-state index in [4.69, 9.17) is 9.26 Å². The van der Waals surface area contributed by atoms with E-state index in [9.17, 15) is 19.5 Å². The minimum Gasteiger partial charge on any atom is -0.497 e. The minimum absolute atomic E-state index is 0.0743. The molecule has 3 N–H and O–H groups in total. The molecule has 0 spiro atoms. The summed E-state index contributed by atoms with van der Waals surface area (Å²) in [6.07, 6.45) is 0.432. The van der Waals surface area contributed by atoms with Crippen molar-refractivity contribution in [3.8, 4) is 11.4 Å². The topological polar surface area (TPSA) is 126 Å². The van der Waals surface area contributed by atoms with Crippen LogP contribution in [0.5, 0.6) is 5.75 Å². The molecular formula is C21H22N3O6S+. The van der Waals surface area contributed by atoms with Crippen LogP contribution in [0.4, 0.5) is 5.69 Å². The zero-order valence-corrected chi connectivity index (χ0v) is 18.0. The molecule has 0 saturated carbocycles. The van der Waals surface area contributed by atoms with Crippen molar-refractivity contribution in [2.45, 2.75) is 30.5 Å². The van der Waals surface area contributed by atoms with E-state index in [1.54, 1.807) is 44.4 Å². The maximum atomic E-state index is 12.9. The molecule has 0 aliphatic carbocycles. The molecular weight excluding hydrogens is 422 g/mol. The van der Waals surface area contributed by atoms with E-state index in [2.05, 4.69) is 10.6 Å². The molecule has 9 nitrogen and oxygen atoms in total. The van der Waals surface area contributed by atoms with Gasteiger partial charge in [0.05, 0.1) is 17.9 Å². The van der Waals surface area contributed by atoms with Gasteiger partial charge in [0.2, 0.25) is 11.6 Å². The van der Waals surface area contributed by atoms with Crippen LogP contribution in [0.1, 0.15) is 29.3 Å². The molecule has 162 valence electrons. The number of carboxylic acid groups (broad SMARTS) is 1. The highest BCUT2D eigenvalue weighted by Gasteiger charge is 2.30. The molecule has 1 atom stereocenters. The first-order chi connectivity index (χ1) is 14.8. The molecule has 31 heavy (non-hydrogen) atoms. The van der Waals surface area contributed by atoms with Crippen LogP contribution < -0.4 is 20.4 Å². The van der Waals surface area contributed by atoms with Gasteiger partial charge in [-0.05, 0) is 64.9 Å². The lowest BCUT2D eigenvalue weighted by atomic mass is 10.1. The van der Waals surface area contributed by atoms with Gasteiger partial charge in [-0.3, -0.25) is 9.32 Å². The number of aromatic amines is 1. The highest BCUT2D eigenvalue weighted by Crippen LogP contribution is 2.24. The van der Waals surface area contributed by atoms with Gasteiger partial charge in [0, 0.05) is 17.8 Å². The molecule has 0 fully saturated rings. The lowest BCUT2D eigenvalue weighted by Crippen LogP contribution is -2.37. The van der Waals surface area contributed by atoms with Crippen LogP contribution in [-0.2, 0) is 4.79 Å². The molecule has 0 aliphatic heterocycles. The van der Waals surface area contributed by atoms with E-state index >= 15 is 0 Å². The van der Waals surface area contributed by atoms with Crippen LogP contribution in [-0.4, -0.2) is 34.6 Å². The number of rotatable bonds is 8. The van der Waals surface area contributed by atoms with Crippen molar-refractivity contribution in [2.24, 2.45) is 0 Å². The van der Waals surface area contributed by atoms with Crippen LogP contribution in [0.25, 0.3) is 5.69 Å². The van der Waals surface area contributed by atoms with Gasteiger partial charge in [0.15, 0.2) is 0 Å². The fourth-order valence-corrected chi connectivity index (χ4v) is 3.81. The third-order valence-corrected chi connectivity index (χ3v) is 6.00. The summed E-state index contributed by atoms with van der Waals surface area (Å²) >= 11 is 1.06. The molecule has 1 amide bonds.